The first-order valence-electron chi connectivity index (χ1n) is 9.72. The standard InChI is InChI=1S/C25H21ClN2O2/c26-22-11-5-4-9-21(22)16-30-17-24(18-7-2-1-3-8-18)28-25(29)20-12-13-23-19(15-20)10-6-14-27-23/h1-15,24H,16-17H2,(H,28,29). The van der Waals surface area contributed by atoms with Gasteiger partial charge in [-0.1, -0.05) is 66.2 Å². The molecule has 0 aliphatic heterocycles. The summed E-state index contributed by atoms with van der Waals surface area (Å²) in [6.07, 6.45) is 1.74. The van der Waals surface area contributed by atoms with Gasteiger partial charge in [-0.3, -0.25) is 9.78 Å². The minimum Gasteiger partial charge on any atom is -0.374 e. The highest BCUT2D eigenvalue weighted by molar-refractivity contribution is 6.31. The van der Waals surface area contributed by atoms with E-state index in [1.807, 2.05) is 78.9 Å². The van der Waals surface area contributed by atoms with Crippen LogP contribution in [0.4, 0.5) is 0 Å². The zero-order chi connectivity index (χ0) is 20.8. The fourth-order valence-corrected chi connectivity index (χ4v) is 3.46. The van der Waals surface area contributed by atoms with Crippen molar-refractivity contribution < 1.29 is 9.53 Å². The predicted octanol–water partition coefficient (Wildman–Crippen LogP) is 5.58. The number of ether oxygens (including phenoxy) is 1. The predicted molar refractivity (Wildman–Crippen MR) is 120 cm³/mol. The summed E-state index contributed by atoms with van der Waals surface area (Å²) in [7, 11) is 0. The molecule has 0 spiro atoms. The molecule has 0 fully saturated rings. The Morgan fingerprint density at radius 1 is 0.967 bits per heavy atom. The molecule has 1 aromatic heterocycles. The summed E-state index contributed by atoms with van der Waals surface area (Å²) in [6, 6.07) is 26.4. The van der Waals surface area contributed by atoms with E-state index in [2.05, 4.69) is 10.3 Å². The Kier molecular flexibility index (Phi) is 6.38. The van der Waals surface area contributed by atoms with Crippen LogP contribution in [0.5, 0.6) is 0 Å². The number of carbonyl (C=O) groups excluding carboxylic acids is 1. The van der Waals surface area contributed by atoms with Gasteiger partial charge in [-0.25, -0.2) is 0 Å². The lowest BCUT2D eigenvalue weighted by atomic mass is 10.1. The van der Waals surface area contributed by atoms with Crippen molar-refractivity contribution in [3.63, 3.8) is 0 Å². The molecule has 1 N–H and O–H groups in total. The number of pyridine rings is 1. The Morgan fingerprint density at radius 2 is 1.77 bits per heavy atom. The summed E-state index contributed by atoms with van der Waals surface area (Å²) in [5.74, 6) is -0.157. The Morgan fingerprint density at radius 3 is 2.60 bits per heavy atom. The van der Waals surface area contributed by atoms with Crippen LogP contribution in [-0.2, 0) is 11.3 Å². The third kappa shape index (κ3) is 4.85. The number of rotatable bonds is 7. The van der Waals surface area contributed by atoms with E-state index in [1.54, 1.807) is 12.3 Å². The van der Waals surface area contributed by atoms with Crippen LogP contribution in [0.25, 0.3) is 10.9 Å². The third-order valence-corrected chi connectivity index (χ3v) is 5.24. The number of nitrogens with zero attached hydrogens (tertiary/aromatic N) is 1. The van der Waals surface area contributed by atoms with Gasteiger partial charge >= 0.3 is 0 Å². The number of amides is 1. The number of nitrogens with one attached hydrogen (secondary N) is 1. The normalized spacial score (nSPS) is 11.9. The fraction of sp³-hybridized carbons (Fsp3) is 0.120. The molecule has 4 aromatic rings. The van der Waals surface area contributed by atoms with Crippen LogP contribution in [0.3, 0.4) is 0 Å². The smallest absolute Gasteiger partial charge is 0.251 e. The van der Waals surface area contributed by atoms with Crippen LogP contribution in [0.1, 0.15) is 27.5 Å². The lowest BCUT2D eigenvalue weighted by Gasteiger charge is -2.20. The van der Waals surface area contributed by atoms with E-state index >= 15 is 0 Å². The Labute approximate surface area is 180 Å². The molecule has 4 rings (SSSR count). The first kappa shape index (κ1) is 20.1. The molecule has 0 saturated heterocycles. The molecule has 1 amide bonds. The second kappa shape index (κ2) is 9.53. The molecule has 5 heteroatoms. The average molecular weight is 417 g/mol. The molecule has 1 atom stereocenters. The van der Waals surface area contributed by atoms with Crippen molar-refractivity contribution in [2.75, 3.05) is 6.61 Å². The largest absolute Gasteiger partial charge is 0.374 e. The molecule has 4 nitrogen and oxygen atoms in total. The van der Waals surface area contributed by atoms with E-state index in [4.69, 9.17) is 16.3 Å². The number of aromatic nitrogens is 1. The van der Waals surface area contributed by atoms with Gasteiger partial charge in [0.1, 0.15) is 0 Å². The van der Waals surface area contributed by atoms with Crippen LogP contribution in [0, 0.1) is 0 Å². The Hall–Kier alpha value is -3.21. The SMILES string of the molecule is O=C(NC(COCc1ccccc1Cl)c1ccccc1)c1ccc2ncccc2c1. The lowest BCUT2D eigenvalue weighted by molar-refractivity contribution is 0.0797. The number of carbonyl (C=O) groups is 1. The number of benzene rings is 3. The van der Waals surface area contributed by atoms with E-state index in [9.17, 15) is 4.79 Å². The maximum atomic E-state index is 13.0. The van der Waals surface area contributed by atoms with E-state index < -0.39 is 0 Å². The zero-order valence-corrected chi connectivity index (χ0v) is 17.0. The maximum absolute atomic E-state index is 13.0. The molecule has 1 heterocycles. The van der Waals surface area contributed by atoms with Gasteiger partial charge in [0, 0.05) is 22.2 Å². The van der Waals surface area contributed by atoms with Crippen LogP contribution in [0.2, 0.25) is 5.02 Å². The van der Waals surface area contributed by atoms with Crippen molar-refractivity contribution >= 4 is 28.4 Å². The first-order chi connectivity index (χ1) is 14.7. The van der Waals surface area contributed by atoms with Crippen molar-refractivity contribution in [3.05, 3.63) is 113 Å². The second-order valence-electron chi connectivity index (χ2n) is 6.95. The van der Waals surface area contributed by atoms with Crippen molar-refractivity contribution in [1.29, 1.82) is 0 Å². The van der Waals surface area contributed by atoms with Gasteiger partial charge in [-0.2, -0.15) is 0 Å². The summed E-state index contributed by atoms with van der Waals surface area (Å²) >= 11 is 6.21. The highest BCUT2D eigenvalue weighted by atomic mass is 35.5. The molecule has 1 unspecified atom stereocenters. The van der Waals surface area contributed by atoms with Crippen molar-refractivity contribution in [2.24, 2.45) is 0 Å². The number of hydrogen-bond acceptors (Lipinski definition) is 3. The summed E-state index contributed by atoms with van der Waals surface area (Å²) in [4.78, 5) is 17.3. The van der Waals surface area contributed by atoms with Crippen molar-refractivity contribution in [1.82, 2.24) is 10.3 Å². The number of hydrogen-bond donors (Lipinski definition) is 1. The molecular formula is C25H21ClN2O2. The van der Waals surface area contributed by atoms with Crippen molar-refractivity contribution in [3.8, 4) is 0 Å². The van der Waals surface area contributed by atoms with E-state index in [0.29, 0.717) is 23.8 Å². The molecule has 0 aliphatic carbocycles. The number of halogens is 1. The van der Waals surface area contributed by atoms with E-state index in [1.165, 1.54) is 0 Å². The summed E-state index contributed by atoms with van der Waals surface area (Å²) in [6.45, 7) is 0.705. The van der Waals surface area contributed by atoms with Crippen molar-refractivity contribution in [2.45, 2.75) is 12.6 Å². The summed E-state index contributed by atoms with van der Waals surface area (Å²) in [5.41, 5.74) is 3.34. The van der Waals surface area contributed by atoms with Crippen LogP contribution in [0.15, 0.2) is 91.1 Å². The minimum atomic E-state index is -0.286. The second-order valence-corrected chi connectivity index (χ2v) is 7.36. The Balaban J connectivity index is 1.49. The molecule has 150 valence electrons. The molecule has 0 saturated carbocycles. The minimum absolute atomic E-state index is 0.157. The Bertz CT molecular complexity index is 1150. The lowest BCUT2D eigenvalue weighted by Crippen LogP contribution is -2.31. The fourth-order valence-electron chi connectivity index (χ4n) is 3.27. The monoisotopic (exact) mass is 416 g/mol. The third-order valence-electron chi connectivity index (χ3n) is 4.87. The van der Waals surface area contributed by atoms with Crippen LogP contribution >= 0.6 is 11.6 Å². The molecule has 30 heavy (non-hydrogen) atoms. The molecule has 3 aromatic carbocycles. The maximum Gasteiger partial charge on any atom is 0.251 e. The van der Waals surface area contributed by atoms with Gasteiger partial charge in [0.05, 0.1) is 24.8 Å². The van der Waals surface area contributed by atoms with Gasteiger partial charge in [0.15, 0.2) is 0 Å². The van der Waals surface area contributed by atoms with Gasteiger partial charge in [-0.15, -0.1) is 0 Å². The highest BCUT2D eigenvalue weighted by Crippen LogP contribution is 2.19. The molecule has 0 aliphatic rings. The average Bonchev–Trinajstić information content (AvgIpc) is 2.80. The van der Waals surface area contributed by atoms with Gasteiger partial charge in [-0.05, 0) is 41.5 Å². The zero-order valence-electron chi connectivity index (χ0n) is 16.3. The summed E-state index contributed by atoms with van der Waals surface area (Å²) in [5, 5.41) is 4.69. The van der Waals surface area contributed by atoms with Gasteiger partial charge in [0.2, 0.25) is 0 Å². The number of fused-ring (bicyclic) bond motifs is 1. The van der Waals surface area contributed by atoms with Crippen LogP contribution < -0.4 is 5.32 Å². The first-order valence-corrected chi connectivity index (χ1v) is 10.1. The topological polar surface area (TPSA) is 51.2 Å². The quantitative estimate of drug-likeness (QED) is 0.428. The molecule has 0 radical (unpaired) electrons. The van der Waals surface area contributed by atoms with E-state index in [-0.39, 0.29) is 11.9 Å². The van der Waals surface area contributed by atoms with E-state index in [0.717, 1.165) is 22.0 Å². The van der Waals surface area contributed by atoms with Gasteiger partial charge in [0.25, 0.3) is 5.91 Å². The molecular weight excluding hydrogens is 396 g/mol. The van der Waals surface area contributed by atoms with Crippen LogP contribution in [-0.4, -0.2) is 17.5 Å². The van der Waals surface area contributed by atoms with Gasteiger partial charge < -0.3 is 10.1 Å². The highest BCUT2D eigenvalue weighted by Gasteiger charge is 2.17. The molecule has 0 bridgehead atoms. The summed E-state index contributed by atoms with van der Waals surface area (Å²) < 4.78 is 5.91.